The molecule has 0 saturated carbocycles. The molecule has 0 radical (unpaired) electrons. The van der Waals surface area contributed by atoms with Gasteiger partial charge in [-0.2, -0.15) is 0 Å². The number of aromatic nitrogens is 1. The third-order valence-corrected chi connectivity index (χ3v) is 9.35. The summed E-state index contributed by atoms with van der Waals surface area (Å²) < 4.78 is 55.3. The van der Waals surface area contributed by atoms with Gasteiger partial charge in [0.15, 0.2) is 0 Å². The summed E-state index contributed by atoms with van der Waals surface area (Å²) in [6.07, 6.45) is 1.83. The Morgan fingerprint density at radius 2 is 1.64 bits per heavy atom. The van der Waals surface area contributed by atoms with E-state index in [0.717, 1.165) is 35.9 Å². The Kier molecular flexibility index (Phi) is 11.9. The van der Waals surface area contributed by atoms with E-state index >= 15 is 0 Å². The molecule has 2 atom stereocenters. The van der Waals surface area contributed by atoms with Gasteiger partial charge in [-0.3, -0.25) is 9.78 Å². The SMILES string of the molecule is CCc1cccc(CNC[C@@H](O)[C@H](Cc2cc(F)cc(F)c2)NC(=O)c2ccc(S(=O)(=O)N(C)CCc3ccccn3)cc2)c1. The average molecular weight is 637 g/mol. The monoisotopic (exact) mass is 636 g/mol. The zero-order valence-corrected chi connectivity index (χ0v) is 26.1. The first-order chi connectivity index (χ1) is 21.5. The summed E-state index contributed by atoms with van der Waals surface area (Å²) in [6, 6.07) is 21.1. The van der Waals surface area contributed by atoms with Gasteiger partial charge in [-0.25, -0.2) is 21.5 Å². The maximum Gasteiger partial charge on any atom is 0.251 e. The van der Waals surface area contributed by atoms with Crippen LogP contribution >= 0.6 is 0 Å². The lowest BCUT2D eigenvalue weighted by Crippen LogP contribution is -2.48. The molecule has 0 saturated heterocycles. The van der Waals surface area contributed by atoms with Gasteiger partial charge in [0.2, 0.25) is 10.0 Å². The topological polar surface area (TPSA) is 112 Å². The second-order valence-corrected chi connectivity index (χ2v) is 12.9. The van der Waals surface area contributed by atoms with Crippen molar-refractivity contribution in [2.24, 2.45) is 0 Å². The number of aryl methyl sites for hydroxylation is 1. The van der Waals surface area contributed by atoms with E-state index < -0.39 is 39.7 Å². The molecule has 1 amide bonds. The number of hydrogen-bond acceptors (Lipinski definition) is 6. The van der Waals surface area contributed by atoms with Crippen molar-refractivity contribution in [3.05, 3.63) is 131 Å². The van der Waals surface area contributed by atoms with Crippen molar-refractivity contribution >= 4 is 15.9 Å². The average Bonchev–Trinajstić information content (AvgIpc) is 3.03. The molecular formula is C34H38F2N4O4S. The summed E-state index contributed by atoms with van der Waals surface area (Å²) in [5.41, 5.74) is 3.42. The predicted octanol–water partition coefficient (Wildman–Crippen LogP) is 4.28. The molecule has 0 fully saturated rings. The Hall–Kier alpha value is -4.03. The van der Waals surface area contributed by atoms with Gasteiger partial charge in [-0.1, -0.05) is 37.3 Å². The number of carbonyl (C=O) groups is 1. The van der Waals surface area contributed by atoms with Gasteiger partial charge in [0.1, 0.15) is 11.6 Å². The summed E-state index contributed by atoms with van der Waals surface area (Å²) in [6.45, 7) is 2.86. The Bertz CT molecular complexity index is 1650. The molecule has 0 aliphatic heterocycles. The largest absolute Gasteiger partial charge is 0.390 e. The second kappa shape index (κ2) is 15.8. The summed E-state index contributed by atoms with van der Waals surface area (Å²) >= 11 is 0. The van der Waals surface area contributed by atoms with Crippen LogP contribution in [-0.4, -0.2) is 61.0 Å². The Labute approximate surface area is 263 Å². The third kappa shape index (κ3) is 9.73. The van der Waals surface area contributed by atoms with Crippen LogP contribution in [0.3, 0.4) is 0 Å². The standard InChI is InChI=1S/C34H38F2N4O4S/c1-3-24-7-6-8-25(17-24)22-37-23-33(41)32(20-26-18-28(35)21-29(36)19-26)39-34(42)27-10-12-31(13-11-27)45(43,44)40(2)16-14-30-9-4-5-15-38-30/h4-13,15,17-19,21,32-33,37,41H,3,14,16,20,22-23H2,1-2H3,(H,39,42)/t32-,33+/m0/s1. The van der Waals surface area contributed by atoms with E-state index in [1.165, 1.54) is 41.2 Å². The number of sulfonamides is 1. The van der Waals surface area contributed by atoms with E-state index in [2.05, 4.69) is 28.6 Å². The van der Waals surface area contributed by atoms with Crippen LogP contribution in [0.15, 0.2) is 96.0 Å². The number of nitrogens with zero attached hydrogens (tertiary/aromatic N) is 2. The normalized spacial score (nSPS) is 13.0. The molecule has 0 spiro atoms. The molecule has 3 aromatic carbocycles. The minimum absolute atomic E-state index is 0.0192. The molecular weight excluding hydrogens is 598 g/mol. The lowest BCUT2D eigenvalue weighted by Gasteiger charge is -2.25. The lowest BCUT2D eigenvalue weighted by atomic mass is 10.00. The minimum atomic E-state index is -3.82. The highest BCUT2D eigenvalue weighted by Crippen LogP contribution is 2.17. The number of benzene rings is 3. The fraction of sp³-hybridized carbons (Fsp3) is 0.294. The number of aliphatic hydroxyl groups is 1. The van der Waals surface area contributed by atoms with Crippen molar-refractivity contribution < 1.29 is 27.1 Å². The van der Waals surface area contributed by atoms with Crippen molar-refractivity contribution in [2.45, 2.75) is 49.8 Å². The van der Waals surface area contributed by atoms with Gasteiger partial charge in [0.25, 0.3) is 5.91 Å². The molecule has 45 heavy (non-hydrogen) atoms. The predicted molar refractivity (Wildman–Crippen MR) is 169 cm³/mol. The van der Waals surface area contributed by atoms with Crippen molar-refractivity contribution in [1.29, 1.82) is 0 Å². The van der Waals surface area contributed by atoms with Gasteiger partial charge in [0, 0.05) is 56.6 Å². The van der Waals surface area contributed by atoms with Crippen molar-refractivity contribution in [3.8, 4) is 0 Å². The molecule has 1 heterocycles. The molecule has 0 bridgehead atoms. The van der Waals surface area contributed by atoms with E-state index in [1.807, 2.05) is 30.3 Å². The maximum absolute atomic E-state index is 13.9. The van der Waals surface area contributed by atoms with Gasteiger partial charge in [-0.05, 0) is 78.1 Å². The van der Waals surface area contributed by atoms with Gasteiger partial charge in [-0.15, -0.1) is 0 Å². The Balaban J connectivity index is 1.43. The van der Waals surface area contributed by atoms with Crippen LogP contribution in [0.2, 0.25) is 0 Å². The molecule has 4 rings (SSSR count). The molecule has 238 valence electrons. The number of aliphatic hydroxyl groups excluding tert-OH is 1. The quantitative estimate of drug-likeness (QED) is 0.180. The van der Waals surface area contributed by atoms with Crippen molar-refractivity contribution in [2.75, 3.05) is 20.1 Å². The number of nitrogens with one attached hydrogen (secondary N) is 2. The van der Waals surface area contributed by atoms with E-state index in [9.17, 15) is 27.1 Å². The number of hydrogen-bond donors (Lipinski definition) is 3. The van der Waals surface area contributed by atoms with Crippen LogP contribution in [-0.2, 0) is 35.8 Å². The van der Waals surface area contributed by atoms with E-state index in [1.54, 1.807) is 12.3 Å². The highest BCUT2D eigenvalue weighted by atomic mass is 32.2. The first-order valence-corrected chi connectivity index (χ1v) is 16.2. The molecule has 1 aromatic heterocycles. The first-order valence-electron chi connectivity index (χ1n) is 14.7. The van der Waals surface area contributed by atoms with Gasteiger partial charge in [0.05, 0.1) is 17.0 Å². The van der Waals surface area contributed by atoms with Crippen LogP contribution in [0, 0.1) is 11.6 Å². The zero-order valence-electron chi connectivity index (χ0n) is 25.3. The summed E-state index contributed by atoms with van der Waals surface area (Å²) in [5, 5.41) is 17.0. The number of carbonyl (C=O) groups excluding carboxylic acids is 1. The zero-order chi connectivity index (χ0) is 32.4. The van der Waals surface area contributed by atoms with E-state index in [-0.39, 0.29) is 35.5 Å². The smallest absolute Gasteiger partial charge is 0.251 e. The first kappa shape index (κ1) is 33.9. The highest BCUT2D eigenvalue weighted by Gasteiger charge is 2.25. The summed E-state index contributed by atoms with van der Waals surface area (Å²) in [7, 11) is -2.34. The van der Waals surface area contributed by atoms with Crippen LogP contribution in [0.25, 0.3) is 0 Å². The summed E-state index contributed by atoms with van der Waals surface area (Å²) in [5.74, 6) is -2.10. The summed E-state index contributed by atoms with van der Waals surface area (Å²) in [4.78, 5) is 17.5. The molecule has 0 aliphatic carbocycles. The fourth-order valence-electron chi connectivity index (χ4n) is 4.88. The molecule has 4 aromatic rings. The maximum atomic E-state index is 13.9. The molecule has 3 N–H and O–H groups in total. The van der Waals surface area contributed by atoms with Crippen LogP contribution in [0.4, 0.5) is 8.78 Å². The number of likely N-dealkylation sites (N-methyl/N-ethyl adjacent to an activating group) is 1. The molecule has 8 nitrogen and oxygen atoms in total. The lowest BCUT2D eigenvalue weighted by molar-refractivity contribution is 0.0829. The third-order valence-electron chi connectivity index (χ3n) is 7.47. The second-order valence-electron chi connectivity index (χ2n) is 10.9. The van der Waals surface area contributed by atoms with E-state index in [4.69, 9.17) is 0 Å². The molecule has 0 aliphatic rings. The van der Waals surface area contributed by atoms with Gasteiger partial charge >= 0.3 is 0 Å². The Morgan fingerprint density at radius 3 is 2.31 bits per heavy atom. The van der Waals surface area contributed by atoms with Gasteiger partial charge < -0.3 is 15.7 Å². The molecule has 0 unspecified atom stereocenters. The van der Waals surface area contributed by atoms with Crippen molar-refractivity contribution in [3.63, 3.8) is 0 Å². The highest BCUT2D eigenvalue weighted by molar-refractivity contribution is 7.89. The number of halogens is 2. The fourth-order valence-corrected chi connectivity index (χ4v) is 6.05. The number of amides is 1. The number of pyridine rings is 1. The number of rotatable bonds is 15. The van der Waals surface area contributed by atoms with Crippen LogP contribution in [0.5, 0.6) is 0 Å². The minimum Gasteiger partial charge on any atom is -0.390 e. The van der Waals surface area contributed by atoms with E-state index in [0.29, 0.717) is 13.0 Å². The van der Waals surface area contributed by atoms with Crippen LogP contribution in [0.1, 0.15) is 39.7 Å². The molecule has 11 heteroatoms. The Morgan fingerprint density at radius 1 is 0.933 bits per heavy atom. The van der Waals surface area contributed by atoms with Crippen molar-refractivity contribution in [1.82, 2.24) is 19.9 Å². The van der Waals surface area contributed by atoms with Crippen LogP contribution < -0.4 is 10.6 Å².